The highest BCUT2D eigenvalue weighted by Crippen LogP contribution is 2.15. The summed E-state index contributed by atoms with van der Waals surface area (Å²) in [4.78, 5) is 25.7. The molecule has 0 aromatic carbocycles. The minimum absolute atomic E-state index is 0.0926. The first-order chi connectivity index (χ1) is 7.59. The molecule has 16 heavy (non-hydrogen) atoms. The molecule has 2 N–H and O–H groups in total. The highest BCUT2D eigenvalue weighted by molar-refractivity contribution is 5.98. The molecule has 82 valence electrons. The topological polar surface area (TPSA) is 109 Å². The number of carbonyl (C=O) groups excluding carboxylic acids is 1. The second-order valence-corrected chi connectivity index (χ2v) is 3.01. The highest BCUT2D eigenvalue weighted by atomic mass is 16.4. The van der Waals surface area contributed by atoms with Crippen LogP contribution in [0.1, 0.15) is 17.3 Å². The molecule has 0 atom stereocenters. The van der Waals surface area contributed by atoms with Gasteiger partial charge in [-0.15, -0.1) is 10.2 Å². The van der Waals surface area contributed by atoms with Crippen molar-refractivity contribution in [2.45, 2.75) is 6.92 Å². The van der Waals surface area contributed by atoms with E-state index in [9.17, 15) is 9.59 Å². The smallest absolute Gasteiger partial charge is 0.341 e. The number of nitrogens with one attached hydrogen (secondary N) is 1. The van der Waals surface area contributed by atoms with Gasteiger partial charge >= 0.3 is 5.97 Å². The largest absolute Gasteiger partial charge is 0.478 e. The van der Waals surface area contributed by atoms with E-state index >= 15 is 0 Å². The van der Waals surface area contributed by atoms with E-state index < -0.39 is 5.97 Å². The normalized spacial score (nSPS) is 10.3. The third-order valence-electron chi connectivity index (χ3n) is 1.86. The van der Waals surface area contributed by atoms with E-state index in [4.69, 9.17) is 5.11 Å². The van der Waals surface area contributed by atoms with Crippen molar-refractivity contribution in [1.82, 2.24) is 19.6 Å². The Hall–Kier alpha value is -2.51. The van der Waals surface area contributed by atoms with Gasteiger partial charge < -0.3 is 10.4 Å². The van der Waals surface area contributed by atoms with Crippen molar-refractivity contribution in [3.05, 3.63) is 18.1 Å². The Morgan fingerprint density at radius 2 is 2.25 bits per heavy atom. The van der Waals surface area contributed by atoms with Crippen LogP contribution in [0.25, 0.3) is 5.78 Å². The number of aromatic nitrogens is 4. The van der Waals surface area contributed by atoms with Crippen LogP contribution in [0.3, 0.4) is 0 Å². The highest BCUT2D eigenvalue weighted by Gasteiger charge is 2.16. The molecule has 8 nitrogen and oxygen atoms in total. The molecular formula is C8H7N5O3. The Bertz CT molecular complexity index is 576. The van der Waals surface area contributed by atoms with Gasteiger partial charge in [0, 0.05) is 13.1 Å². The predicted molar refractivity (Wildman–Crippen MR) is 52.0 cm³/mol. The van der Waals surface area contributed by atoms with E-state index in [2.05, 4.69) is 20.5 Å². The van der Waals surface area contributed by atoms with Gasteiger partial charge in [-0.05, 0) is 0 Å². The molecular weight excluding hydrogens is 214 g/mol. The van der Waals surface area contributed by atoms with Crippen LogP contribution in [-0.2, 0) is 4.79 Å². The number of fused-ring (bicyclic) bond motifs is 1. The number of nitrogens with zero attached hydrogens (tertiary/aromatic N) is 4. The van der Waals surface area contributed by atoms with Crippen molar-refractivity contribution in [1.29, 1.82) is 0 Å². The van der Waals surface area contributed by atoms with Gasteiger partial charge in [0.25, 0.3) is 5.78 Å². The van der Waals surface area contributed by atoms with Gasteiger partial charge in [0.2, 0.25) is 5.91 Å². The molecule has 2 aromatic rings. The third kappa shape index (κ3) is 1.56. The van der Waals surface area contributed by atoms with Crippen LogP contribution in [0.15, 0.2) is 12.5 Å². The molecule has 0 spiro atoms. The third-order valence-corrected chi connectivity index (χ3v) is 1.86. The summed E-state index contributed by atoms with van der Waals surface area (Å²) < 4.78 is 1.30. The minimum Gasteiger partial charge on any atom is -0.478 e. The van der Waals surface area contributed by atoms with Crippen molar-refractivity contribution in [3.63, 3.8) is 0 Å². The number of hydrogen-bond donors (Lipinski definition) is 2. The fourth-order valence-corrected chi connectivity index (χ4v) is 1.24. The van der Waals surface area contributed by atoms with Crippen molar-refractivity contribution < 1.29 is 14.7 Å². The molecule has 1 amide bonds. The summed E-state index contributed by atoms with van der Waals surface area (Å²) in [6.07, 6.45) is 2.40. The Balaban J connectivity index is 2.70. The molecule has 2 aromatic heterocycles. The maximum atomic E-state index is 11.0. The lowest BCUT2D eigenvalue weighted by Gasteiger charge is -2.07. The van der Waals surface area contributed by atoms with Crippen LogP contribution in [0.5, 0.6) is 0 Å². The molecule has 0 aliphatic heterocycles. The summed E-state index contributed by atoms with van der Waals surface area (Å²) in [6.45, 7) is 1.28. The van der Waals surface area contributed by atoms with Crippen LogP contribution in [-0.4, -0.2) is 36.6 Å². The van der Waals surface area contributed by atoms with Gasteiger partial charge in [-0.1, -0.05) is 0 Å². The van der Waals surface area contributed by atoms with E-state index in [-0.39, 0.29) is 23.1 Å². The standard InChI is InChI=1S/C8H7N5O3/c1-4(14)11-6-5(7(15)16)2-9-8-12-10-3-13(6)8/h2-3H,1H3,(H,11,14)(H,15,16). The number of aromatic carboxylic acids is 1. The van der Waals surface area contributed by atoms with Crippen LogP contribution < -0.4 is 5.32 Å². The van der Waals surface area contributed by atoms with Crippen LogP contribution in [0, 0.1) is 0 Å². The average molecular weight is 221 g/mol. The first-order valence-electron chi connectivity index (χ1n) is 4.29. The number of carboxylic acids is 1. The van der Waals surface area contributed by atoms with Crippen LogP contribution in [0.2, 0.25) is 0 Å². The van der Waals surface area contributed by atoms with Crippen LogP contribution >= 0.6 is 0 Å². The summed E-state index contributed by atoms with van der Waals surface area (Å²) in [5, 5.41) is 18.6. The van der Waals surface area contributed by atoms with E-state index in [0.29, 0.717) is 0 Å². The zero-order chi connectivity index (χ0) is 11.7. The molecule has 0 aliphatic rings. The number of rotatable bonds is 2. The van der Waals surface area contributed by atoms with Gasteiger partial charge in [-0.3, -0.25) is 9.20 Å². The summed E-state index contributed by atoms with van der Waals surface area (Å²) in [5.41, 5.74) is -0.123. The molecule has 2 rings (SSSR count). The second-order valence-electron chi connectivity index (χ2n) is 3.01. The van der Waals surface area contributed by atoms with Crippen molar-refractivity contribution in [2.24, 2.45) is 0 Å². The first-order valence-corrected chi connectivity index (χ1v) is 4.29. The molecule has 0 bridgehead atoms. The zero-order valence-electron chi connectivity index (χ0n) is 8.21. The molecule has 0 unspecified atom stereocenters. The SMILES string of the molecule is CC(=O)Nc1c(C(=O)O)cnc2nncn12. The van der Waals surface area contributed by atoms with E-state index in [0.717, 1.165) is 6.20 Å². The maximum Gasteiger partial charge on any atom is 0.341 e. The second kappa shape index (κ2) is 3.57. The average Bonchev–Trinajstić information content (AvgIpc) is 2.64. The number of carboxylic acid groups (broad SMARTS) is 1. The molecule has 2 heterocycles. The number of amides is 1. The number of hydrogen-bond acceptors (Lipinski definition) is 5. The van der Waals surface area contributed by atoms with Gasteiger partial charge in [-0.25, -0.2) is 9.78 Å². The lowest BCUT2D eigenvalue weighted by molar-refractivity contribution is -0.114. The Morgan fingerprint density at radius 1 is 1.50 bits per heavy atom. The van der Waals surface area contributed by atoms with E-state index in [1.54, 1.807) is 0 Å². The van der Waals surface area contributed by atoms with Crippen molar-refractivity contribution >= 4 is 23.5 Å². The molecule has 0 aliphatic carbocycles. The lowest BCUT2D eigenvalue weighted by atomic mass is 10.3. The summed E-state index contributed by atoms with van der Waals surface area (Å²) in [6, 6.07) is 0. The molecule has 0 saturated carbocycles. The summed E-state index contributed by atoms with van der Waals surface area (Å²) in [5.74, 6) is -1.26. The Morgan fingerprint density at radius 3 is 2.88 bits per heavy atom. The monoisotopic (exact) mass is 221 g/mol. The van der Waals surface area contributed by atoms with Gasteiger partial charge in [0.05, 0.1) is 0 Å². The number of anilines is 1. The van der Waals surface area contributed by atoms with Crippen molar-refractivity contribution in [2.75, 3.05) is 5.32 Å². The van der Waals surface area contributed by atoms with E-state index in [1.807, 2.05) is 0 Å². The molecule has 0 fully saturated rings. The predicted octanol–water partition coefficient (Wildman–Crippen LogP) is -0.219. The summed E-state index contributed by atoms with van der Waals surface area (Å²) >= 11 is 0. The molecule has 0 saturated heterocycles. The Labute approximate surface area is 88.9 Å². The first kappa shape index (κ1) is 10.0. The number of carbonyl (C=O) groups is 2. The van der Waals surface area contributed by atoms with Gasteiger partial charge in [0.1, 0.15) is 17.7 Å². The fourth-order valence-electron chi connectivity index (χ4n) is 1.24. The summed E-state index contributed by atoms with van der Waals surface area (Å²) in [7, 11) is 0. The molecule has 0 radical (unpaired) electrons. The Kier molecular flexibility index (Phi) is 2.24. The quantitative estimate of drug-likeness (QED) is 0.725. The zero-order valence-corrected chi connectivity index (χ0v) is 8.21. The van der Waals surface area contributed by atoms with Gasteiger partial charge in [-0.2, -0.15) is 0 Å². The fraction of sp³-hybridized carbons (Fsp3) is 0.125. The van der Waals surface area contributed by atoms with Crippen LogP contribution in [0.4, 0.5) is 5.82 Å². The maximum absolute atomic E-state index is 11.0. The van der Waals surface area contributed by atoms with E-state index in [1.165, 1.54) is 17.7 Å². The minimum atomic E-state index is -1.19. The van der Waals surface area contributed by atoms with Crippen molar-refractivity contribution in [3.8, 4) is 0 Å². The lowest BCUT2D eigenvalue weighted by Crippen LogP contribution is -2.15. The van der Waals surface area contributed by atoms with Gasteiger partial charge in [0.15, 0.2) is 0 Å². The molecule has 8 heteroatoms.